The lowest BCUT2D eigenvalue weighted by molar-refractivity contribution is -0.142. The summed E-state index contributed by atoms with van der Waals surface area (Å²) in [5, 5.41) is 2.89. The Balaban J connectivity index is 2.16. The molecule has 0 aliphatic carbocycles. The molecule has 2 rings (SSSR count). The van der Waals surface area contributed by atoms with Crippen LogP contribution < -0.4 is 10.1 Å². The molecule has 162 valence electrons. The largest absolute Gasteiger partial charge is 0.483 e. The predicted molar refractivity (Wildman–Crippen MR) is 121 cm³/mol. The summed E-state index contributed by atoms with van der Waals surface area (Å²) in [6, 6.07) is 15.2. The van der Waals surface area contributed by atoms with Crippen molar-refractivity contribution >= 4 is 11.8 Å². The predicted octanol–water partition coefficient (Wildman–Crippen LogP) is 4.44. The van der Waals surface area contributed by atoms with E-state index in [0.717, 1.165) is 23.1 Å². The molecule has 1 N–H and O–H groups in total. The highest BCUT2D eigenvalue weighted by atomic mass is 16.5. The summed E-state index contributed by atoms with van der Waals surface area (Å²) in [7, 11) is 0. The number of amides is 2. The highest BCUT2D eigenvalue weighted by molar-refractivity contribution is 5.87. The average molecular weight is 411 g/mol. The van der Waals surface area contributed by atoms with Gasteiger partial charge in [0.15, 0.2) is 6.61 Å². The maximum Gasteiger partial charge on any atom is 0.261 e. The van der Waals surface area contributed by atoms with Gasteiger partial charge in [0, 0.05) is 13.1 Å². The van der Waals surface area contributed by atoms with Gasteiger partial charge in [-0.25, -0.2) is 0 Å². The summed E-state index contributed by atoms with van der Waals surface area (Å²) in [5.41, 5.74) is 3.19. The number of carbonyl (C=O) groups excluding carboxylic acids is 2. The lowest BCUT2D eigenvalue weighted by Crippen LogP contribution is -2.49. The molecule has 0 aliphatic rings. The lowest BCUT2D eigenvalue weighted by atomic mass is 10.0. The van der Waals surface area contributed by atoms with Crippen LogP contribution in [0.5, 0.6) is 5.75 Å². The monoisotopic (exact) mass is 410 g/mol. The maximum absolute atomic E-state index is 13.1. The fourth-order valence-electron chi connectivity index (χ4n) is 3.18. The van der Waals surface area contributed by atoms with Crippen LogP contribution in [0.2, 0.25) is 0 Å². The van der Waals surface area contributed by atoms with Crippen LogP contribution in [-0.2, 0) is 16.1 Å². The second kappa shape index (κ2) is 11.4. The molecule has 0 saturated carbocycles. The summed E-state index contributed by atoms with van der Waals surface area (Å²) in [5.74, 6) is 0.631. The third-order valence-corrected chi connectivity index (χ3v) is 5.08. The molecule has 0 radical (unpaired) electrons. The average Bonchev–Trinajstić information content (AvgIpc) is 2.75. The molecule has 0 heterocycles. The molecule has 2 amide bonds. The van der Waals surface area contributed by atoms with E-state index in [0.29, 0.717) is 24.8 Å². The normalized spacial score (nSPS) is 11.8. The molecule has 1 unspecified atom stereocenters. The minimum atomic E-state index is -0.589. The number of benzene rings is 2. The Labute approximate surface area is 180 Å². The number of carbonyl (C=O) groups is 2. The van der Waals surface area contributed by atoms with Gasteiger partial charge in [-0.2, -0.15) is 0 Å². The van der Waals surface area contributed by atoms with Gasteiger partial charge in [0.05, 0.1) is 0 Å². The number of nitrogens with zero attached hydrogens (tertiary/aromatic N) is 1. The van der Waals surface area contributed by atoms with E-state index in [9.17, 15) is 9.59 Å². The standard InChI is InChI=1S/C25H34N2O3/c1-6-15-26-25(29)20(5)27(16-21-13-11-19(4)12-14-21)24(28)17-30-23-10-8-7-9-22(23)18(2)3/h7-14,18,20H,6,15-17H2,1-5H3,(H,26,29). The highest BCUT2D eigenvalue weighted by Crippen LogP contribution is 2.26. The van der Waals surface area contributed by atoms with E-state index in [1.165, 1.54) is 0 Å². The first-order valence-electron chi connectivity index (χ1n) is 10.7. The fraction of sp³-hybridized carbons (Fsp3) is 0.440. The van der Waals surface area contributed by atoms with Gasteiger partial charge in [0.2, 0.25) is 5.91 Å². The van der Waals surface area contributed by atoms with Gasteiger partial charge >= 0.3 is 0 Å². The first-order valence-corrected chi connectivity index (χ1v) is 10.7. The minimum absolute atomic E-state index is 0.110. The number of ether oxygens (including phenoxy) is 1. The molecule has 0 saturated heterocycles. The number of para-hydroxylation sites is 1. The van der Waals surface area contributed by atoms with Crippen LogP contribution >= 0.6 is 0 Å². The van der Waals surface area contributed by atoms with Crippen LogP contribution in [0.25, 0.3) is 0 Å². The summed E-state index contributed by atoms with van der Waals surface area (Å²) in [6.45, 7) is 10.8. The quantitative estimate of drug-likeness (QED) is 0.630. The van der Waals surface area contributed by atoms with E-state index < -0.39 is 6.04 Å². The summed E-state index contributed by atoms with van der Waals surface area (Å²) < 4.78 is 5.89. The Kier molecular flexibility index (Phi) is 8.90. The Hall–Kier alpha value is -2.82. The molecule has 5 nitrogen and oxygen atoms in total. The Morgan fingerprint density at radius 2 is 1.70 bits per heavy atom. The number of hydrogen-bond acceptors (Lipinski definition) is 3. The fourth-order valence-corrected chi connectivity index (χ4v) is 3.18. The van der Waals surface area contributed by atoms with Gasteiger partial charge in [-0.05, 0) is 43.4 Å². The number of rotatable bonds is 10. The van der Waals surface area contributed by atoms with Crippen molar-refractivity contribution in [3.63, 3.8) is 0 Å². The molecule has 30 heavy (non-hydrogen) atoms. The van der Waals surface area contributed by atoms with Crippen molar-refractivity contribution < 1.29 is 14.3 Å². The zero-order chi connectivity index (χ0) is 22.1. The van der Waals surface area contributed by atoms with E-state index in [1.807, 2.05) is 62.4 Å². The second-order valence-corrected chi connectivity index (χ2v) is 7.96. The SMILES string of the molecule is CCCNC(=O)C(C)N(Cc1ccc(C)cc1)C(=O)COc1ccccc1C(C)C. The van der Waals surface area contributed by atoms with Gasteiger partial charge in [0.1, 0.15) is 11.8 Å². The Morgan fingerprint density at radius 1 is 1.03 bits per heavy atom. The first-order chi connectivity index (χ1) is 14.3. The van der Waals surface area contributed by atoms with Gasteiger partial charge in [-0.1, -0.05) is 68.8 Å². The molecule has 1 atom stereocenters. The van der Waals surface area contributed by atoms with Gasteiger partial charge in [0.25, 0.3) is 5.91 Å². The van der Waals surface area contributed by atoms with E-state index in [4.69, 9.17) is 4.74 Å². The minimum Gasteiger partial charge on any atom is -0.483 e. The van der Waals surface area contributed by atoms with Crippen LogP contribution in [0.15, 0.2) is 48.5 Å². The first kappa shape index (κ1) is 23.5. The summed E-state index contributed by atoms with van der Waals surface area (Å²) in [6.07, 6.45) is 0.847. The van der Waals surface area contributed by atoms with Crippen LogP contribution in [0.3, 0.4) is 0 Å². The topological polar surface area (TPSA) is 58.6 Å². The van der Waals surface area contributed by atoms with Gasteiger partial charge in [-0.15, -0.1) is 0 Å². The molecule has 2 aromatic carbocycles. The zero-order valence-corrected chi connectivity index (χ0v) is 18.8. The van der Waals surface area contributed by atoms with Crippen LogP contribution in [0.1, 0.15) is 56.7 Å². The van der Waals surface area contributed by atoms with Crippen LogP contribution in [-0.4, -0.2) is 35.9 Å². The number of aryl methyl sites for hydroxylation is 1. The lowest BCUT2D eigenvalue weighted by Gasteiger charge is -2.29. The third-order valence-electron chi connectivity index (χ3n) is 5.08. The van der Waals surface area contributed by atoms with Crippen molar-refractivity contribution in [1.29, 1.82) is 0 Å². The second-order valence-electron chi connectivity index (χ2n) is 7.96. The number of hydrogen-bond donors (Lipinski definition) is 1. The smallest absolute Gasteiger partial charge is 0.261 e. The van der Waals surface area contributed by atoms with E-state index >= 15 is 0 Å². The Morgan fingerprint density at radius 3 is 2.33 bits per heavy atom. The molecule has 0 fully saturated rings. The molecule has 2 aromatic rings. The third kappa shape index (κ3) is 6.61. The van der Waals surface area contributed by atoms with Crippen molar-refractivity contribution in [1.82, 2.24) is 10.2 Å². The molecular weight excluding hydrogens is 376 g/mol. The van der Waals surface area contributed by atoms with E-state index in [1.54, 1.807) is 11.8 Å². The van der Waals surface area contributed by atoms with Crippen molar-refractivity contribution in [3.8, 4) is 5.75 Å². The molecular formula is C25H34N2O3. The number of nitrogens with one attached hydrogen (secondary N) is 1. The highest BCUT2D eigenvalue weighted by Gasteiger charge is 2.26. The van der Waals surface area contributed by atoms with Gasteiger partial charge in [-0.3, -0.25) is 9.59 Å². The maximum atomic E-state index is 13.1. The molecule has 0 bridgehead atoms. The van der Waals surface area contributed by atoms with Gasteiger partial charge < -0.3 is 15.0 Å². The van der Waals surface area contributed by atoms with Crippen molar-refractivity contribution in [2.45, 2.75) is 59.5 Å². The molecule has 0 spiro atoms. The van der Waals surface area contributed by atoms with Crippen molar-refractivity contribution in [3.05, 3.63) is 65.2 Å². The Bertz CT molecular complexity index is 831. The van der Waals surface area contributed by atoms with Crippen LogP contribution in [0, 0.1) is 6.92 Å². The summed E-state index contributed by atoms with van der Waals surface area (Å²) >= 11 is 0. The van der Waals surface area contributed by atoms with Crippen LogP contribution in [0.4, 0.5) is 0 Å². The van der Waals surface area contributed by atoms with Crippen molar-refractivity contribution in [2.75, 3.05) is 13.2 Å². The summed E-state index contributed by atoms with van der Waals surface area (Å²) in [4.78, 5) is 27.3. The van der Waals surface area contributed by atoms with E-state index in [-0.39, 0.29) is 18.4 Å². The molecule has 0 aromatic heterocycles. The van der Waals surface area contributed by atoms with E-state index in [2.05, 4.69) is 19.2 Å². The molecule has 5 heteroatoms. The molecule has 0 aliphatic heterocycles. The zero-order valence-electron chi connectivity index (χ0n) is 18.8. The van der Waals surface area contributed by atoms with Crippen molar-refractivity contribution in [2.24, 2.45) is 0 Å².